The van der Waals surface area contributed by atoms with Gasteiger partial charge in [-0.25, -0.2) is 9.10 Å². The van der Waals surface area contributed by atoms with Crippen LogP contribution >= 0.6 is 11.5 Å². The van der Waals surface area contributed by atoms with Crippen LogP contribution in [0.25, 0.3) is 0 Å². The van der Waals surface area contributed by atoms with E-state index >= 15 is 0 Å². The molecule has 1 aromatic heterocycles. The van der Waals surface area contributed by atoms with Crippen molar-refractivity contribution < 1.29 is 41.4 Å². The number of rotatable bonds is 7. The van der Waals surface area contributed by atoms with E-state index in [0.29, 0.717) is 0 Å². The molecule has 1 aliphatic heterocycles. The first-order chi connectivity index (χ1) is 12.8. The highest BCUT2D eigenvalue weighted by Gasteiger charge is 2.51. The molecule has 1 aliphatic rings. The molecule has 2 atom stereocenters. The second kappa shape index (κ2) is 7.40. The number of carbonyl (C=O) groups excluding carboxylic acids is 2. The zero-order valence-corrected chi connectivity index (χ0v) is 16.8. The normalized spacial score (nSPS) is 20.5. The van der Waals surface area contributed by atoms with Gasteiger partial charge in [-0.1, -0.05) is 5.16 Å². The second-order valence-corrected chi connectivity index (χ2v) is 8.59. The zero-order chi connectivity index (χ0) is 21.4. The number of oxime groups is 1. The molecular weight excluding hydrogens is 418 g/mol. The Bertz CT molecular complexity index is 954. The van der Waals surface area contributed by atoms with Crippen LogP contribution in [0.2, 0.25) is 0 Å². The molecule has 28 heavy (non-hydrogen) atoms. The number of carbonyl (C=O) groups is 3. The number of β-lactam (4-membered cyclic amide) rings is 1. The van der Waals surface area contributed by atoms with Gasteiger partial charge in [0.25, 0.3) is 11.8 Å². The van der Waals surface area contributed by atoms with Crippen molar-refractivity contribution in [3.05, 3.63) is 11.1 Å². The predicted octanol–water partition coefficient (Wildman–Crippen LogP) is -1.93. The van der Waals surface area contributed by atoms with Crippen molar-refractivity contribution in [2.75, 3.05) is 0 Å². The molecule has 0 saturated carbocycles. The molecule has 0 spiro atoms. The van der Waals surface area contributed by atoms with E-state index in [9.17, 15) is 22.8 Å². The van der Waals surface area contributed by atoms with Gasteiger partial charge in [-0.3, -0.25) is 14.1 Å². The Kier molecular flexibility index (Phi) is 5.72. The van der Waals surface area contributed by atoms with Crippen LogP contribution in [0.5, 0.6) is 0 Å². The molecule has 0 aromatic carbocycles. The van der Waals surface area contributed by atoms with E-state index in [1.165, 1.54) is 30.2 Å². The molecule has 15 heteroatoms. The van der Waals surface area contributed by atoms with Crippen molar-refractivity contribution in [3.63, 3.8) is 0 Å². The van der Waals surface area contributed by atoms with Gasteiger partial charge in [0.1, 0.15) is 6.04 Å². The van der Waals surface area contributed by atoms with Crippen LogP contribution < -0.4 is 9.39 Å². The number of amides is 2. The SMILES string of the molecule is C[C@H]1[C@H](NC(=O)/C(=N\OC(C)(C)C(=O)O)c2cs[n+](C)n2)C(=O)N1S(=O)(=O)O. The minimum atomic E-state index is -4.74. The maximum absolute atomic E-state index is 12.6. The molecule has 13 nitrogen and oxygen atoms in total. The van der Waals surface area contributed by atoms with Crippen molar-refractivity contribution in [2.24, 2.45) is 12.2 Å². The van der Waals surface area contributed by atoms with Crippen molar-refractivity contribution >= 4 is 45.3 Å². The molecule has 2 heterocycles. The number of nitrogens with zero attached hydrogens (tertiary/aromatic N) is 4. The first-order valence-corrected chi connectivity index (χ1v) is 9.93. The van der Waals surface area contributed by atoms with E-state index < -0.39 is 51.5 Å². The minimum absolute atomic E-state index is 0.0530. The average Bonchev–Trinajstić information content (AvgIpc) is 2.97. The van der Waals surface area contributed by atoms with Crippen molar-refractivity contribution in [3.8, 4) is 0 Å². The lowest BCUT2D eigenvalue weighted by Gasteiger charge is -2.42. The van der Waals surface area contributed by atoms with E-state index in [0.717, 1.165) is 11.5 Å². The highest BCUT2D eigenvalue weighted by molar-refractivity contribution is 7.84. The van der Waals surface area contributed by atoms with Gasteiger partial charge < -0.3 is 15.3 Å². The van der Waals surface area contributed by atoms with E-state index in [2.05, 4.69) is 15.6 Å². The summed E-state index contributed by atoms with van der Waals surface area (Å²) in [6.07, 6.45) is 0. The molecule has 1 fully saturated rings. The number of hydrogen-bond acceptors (Lipinski definition) is 9. The number of aryl methyl sites for hydroxylation is 1. The Balaban J connectivity index is 2.26. The van der Waals surface area contributed by atoms with Crippen LogP contribution in [0.3, 0.4) is 0 Å². The summed E-state index contributed by atoms with van der Waals surface area (Å²) in [5, 5.41) is 20.4. The Morgan fingerprint density at radius 3 is 2.50 bits per heavy atom. The average molecular weight is 436 g/mol. The molecule has 0 unspecified atom stereocenters. The Hall–Kier alpha value is -2.65. The molecule has 0 radical (unpaired) electrons. The number of hydrogen-bond donors (Lipinski definition) is 3. The molecule has 2 amide bonds. The predicted molar refractivity (Wildman–Crippen MR) is 92.4 cm³/mol. The summed E-state index contributed by atoms with van der Waals surface area (Å²) in [6, 6.07) is -2.27. The number of aliphatic carboxylic acids is 1. The lowest BCUT2D eigenvalue weighted by molar-refractivity contribution is -0.663. The van der Waals surface area contributed by atoms with Gasteiger partial charge in [0.05, 0.1) is 11.4 Å². The third kappa shape index (κ3) is 4.26. The van der Waals surface area contributed by atoms with E-state index in [1.54, 1.807) is 7.05 Å². The number of aromatic nitrogens is 2. The van der Waals surface area contributed by atoms with Crippen LogP contribution in [0.15, 0.2) is 10.5 Å². The fourth-order valence-electron chi connectivity index (χ4n) is 2.14. The van der Waals surface area contributed by atoms with Crippen molar-refractivity contribution in [1.29, 1.82) is 0 Å². The maximum Gasteiger partial charge on any atom is 0.362 e. The van der Waals surface area contributed by atoms with Crippen LogP contribution in [0, 0.1) is 0 Å². The topological polar surface area (TPSA) is 179 Å². The quantitative estimate of drug-likeness (QED) is 0.144. The van der Waals surface area contributed by atoms with E-state index in [1.807, 2.05) is 0 Å². The summed E-state index contributed by atoms with van der Waals surface area (Å²) >= 11 is 1.12. The zero-order valence-electron chi connectivity index (χ0n) is 15.2. The first-order valence-electron chi connectivity index (χ1n) is 7.69. The third-order valence-electron chi connectivity index (χ3n) is 3.77. The summed E-state index contributed by atoms with van der Waals surface area (Å²) < 4.78 is 32.9. The first kappa shape index (κ1) is 21.6. The molecule has 1 aromatic rings. The van der Waals surface area contributed by atoms with Crippen molar-refractivity contribution in [1.82, 2.24) is 14.7 Å². The van der Waals surface area contributed by atoms with Crippen LogP contribution in [0.4, 0.5) is 0 Å². The van der Waals surface area contributed by atoms with Crippen LogP contribution in [0.1, 0.15) is 26.5 Å². The summed E-state index contributed by atoms with van der Waals surface area (Å²) in [5.41, 5.74) is -2.10. The molecule has 0 aliphatic carbocycles. The summed E-state index contributed by atoms with van der Waals surface area (Å²) in [7, 11) is -3.15. The lowest BCUT2D eigenvalue weighted by atomic mass is 10.0. The monoisotopic (exact) mass is 436 g/mol. The minimum Gasteiger partial charge on any atom is -0.478 e. The second-order valence-electron chi connectivity index (χ2n) is 6.32. The molecule has 1 saturated heterocycles. The highest BCUT2D eigenvalue weighted by atomic mass is 32.2. The van der Waals surface area contributed by atoms with Gasteiger partial charge in [-0.2, -0.15) is 8.42 Å². The summed E-state index contributed by atoms with van der Waals surface area (Å²) in [6.45, 7) is 3.75. The fourth-order valence-corrected chi connectivity index (χ4v) is 3.57. The van der Waals surface area contributed by atoms with E-state index in [-0.39, 0.29) is 10.00 Å². The van der Waals surface area contributed by atoms with Gasteiger partial charge in [-0.05, 0) is 24.8 Å². The summed E-state index contributed by atoms with van der Waals surface area (Å²) in [5.74, 6) is -3.29. The third-order valence-corrected chi connectivity index (χ3v) is 5.50. The number of carboxylic acid groups (broad SMARTS) is 1. The molecule has 154 valence electrons. The fraction of sp³-hybridized carbons (Fsp3) is 0.538. The molecule has 2 rings (SSSR count). The van der Waals surface area contributed by atoms with Crippen molar-refractivity contribution in [2.45, 2.75) is 38.5 Å². The summed E-state index contributed by atoms with van der Waals surface area (Å²) in [4.78, 5) is 40.6. The highest BCUT2D eigenvalue weighted by Crippen LogP contribution is 2.23. The maximum atomic E-state index is 12.6. The van der Waals surface area contributed by atoms with Gasteiger partial charge in [-0.15, -0.1) is 0 Å². The Morgan fingerprint density at radius 2 is 2.07 bits per heavy atom. The molecule has 3 N–H and O–H groups in total. The van der Waals surface area contributed by atoms with Crippen LogP contribution in [-0.2, 0) is 36.6 Å². The standard InChI is InChI=1S/C13H17N5O8S2/c1-6-8(11(20)18(6)28(23,24)25)14-10(19)9(7-5-27-17(4)15-7)16-26-13(2,3)12(21)22/h5-6,8H,1-4H3,(H2-,14,19,21,22,23,24,25)/p+1/b16-9-/t6-,8-/m0/s1. The number of nitrogens with one attached hydrogen (secondary N) is 1. The van der Waals surface area contributed by atoms with Gasteiger partial charge in [0, 0.05) is 5.10 Å². The smallest absolute Gasteiger partial charge is 0.362 e. The number of carboxylic acids is 1. The van der Waals surface area contributed by atoms with E-state index in [4.69, 9.17) is 14.5 Å². The van der Waals surface area contributed by atoms with Gasteiger partial charge in [0.2, 0.25) is 5.60 Å². The molecular formula is C13H18N5O8S2+. The Morgan fingerprint density at radius 1 is 1.46 bits per heavy atom. The molecule has 0 bridgehead atoms. The largest absolute Gasteiger partial charge is 0.478 e. The van der Waals surface area contributed by atoms with Gasteiger partial charge in [0.15, 0.2) is 30.0 Å². The Labute approximate surface area is 163 Å². The lowest BCUT2D eigenvalue weighted by Crippen LogP contribution is -2.71. The van der Waals surface area contributed by atoms with Crippen LogP contribution in [-0.4, -0.2) is 68.7 Å². The van der Waals surface area contributed by atoms with Gasteiger partial charge >= 0.3 is 16.3 Å².